The summed E-state index contributed by atoms with van der Waals surface area (Å²) in [6, 6.07) is 14.2. The van der Waals surface area contributed by atoms with E-state index in [0.29, 0.717) is 38.4 Å². The number of carbonyl (C=O) groups excluding carboxylic acids is 1. The SMILES string of the molecule is O=C(Nc1ccccc1)C1CCN(Cc2nc(-c3cccc(C(F)(F)F)c3)no2)CC1. The number of halogens is 3. The van der Waals surface area contributed by atoms with Gasteiger partial charge in [-0.3, -0.25) is 9.69 Å². The lowest BCUT2D eigenvalue weighted by Crippen LogP contribution is -2.37. The minimum absolute atomic E-state index is 0.00970. The number of nitrogens with zero attached hydrogens (tertiary/aromatic N) is 3. The monoisotopic (exact) mass is 430 g/mol. The fourth-order valence-corrected chi connectivity index (χ4v) is 3.58. The summed E-state index contributed by atoms with van der Waals surface area (Å²) in [5, 5.41) is 6.76. The van der Waals surface area contributed by atoms with Gasteiger partial charge in [0.25, 0.3) is 0 Å². The van der Waals surface area contributed by atoms with Gasteiger partial charge < -0.3 is 9.84 Å². The number of carbonyl (C=O) groups is 1. The van der Waals surface area contributed by atoms with Gasteiger partial charge in [0.2, 0.25) is 17.6 Å². The van der Waals surface area contributed by atoms with Gasteiger partial charge in [-0.25, -0.2) is 0 Å². The second-order valence-electron chi connectivity index (χ2n) is 7.50. The molecule has 9 heteroatoms. The lowest BCUT2D eigenvalue weighted by Gasteiger charge is -2.30. The van der Waals surface area contributed by atoms with Crippen LogP contribution >= 0.6 is 0 Å². The molecule has 6 nitrogen and oxygen atoms in total. The molecule has 2 heterocycles. The third-order valence-electron chi connectivity index (χ3n) is 5.27. The van der Waals surface area contributed by atoms with Crippen LogP contribution in [-0.4, -0.2) is 34.0 Å². The van der Waals surface area contributed by atoms with Crippen molar-refractivity contribution < 1.29 is 22.5 Å². The number of rotatable bonds is 5. The van der Waals surface area contributed by atoms with E-state index in [1.165, 1.54) is 12.1 Å². The van der Waals surface area contributed by atoms with E-state index in [2.05, 4.69) is 20.4 Å². The smallest absolute Gasteiger partial charge is 0.338 e. The minimum atomic E-state index is -4.43. The summed E-state index contributed by atoms with van der Waals surface area (Å²) in [4.78, 5) is 18.8. The second-order valence-corrected chi connectivity index (χ2v) is 7.50. The molecule has 0 saturated carbocycles. The zero-order valence-electron chi connectivity index (χ0n) is 16.6. The van der Waals surface area contributed by atoms with Crippen molar-refractivity contribution in [3.63, 3.8) is 0 Å². The molecule has 0 aliphatic carbocycles. The largest absolute Gasteiger partial charge is 0.416 e. The summed E-state index contributed by atoms with van der Waals surface area (Å²) < 4.78 is 44.0. The number of aromatic nitrogens is 2. The highest BCUT2D eigenvalue weighted by molar-refractivity contribution is 5.92. The third-order valence-corrected chi connectivity index (χ3v) is 5.27. The molecule has 1 aliphatic rings. The molecule has 31 heavy (non-hydrogen) atoms. The van der Waals surface area contributed by atoms with E-state index in [4.69, 9.17) is 4.52 Å². The summed E-state index contributed by atoms with van der Waals surface area (Å²) >= 11 is 0. The van der Waals surface area contributed by atoms with Gasteiger partial charge >= 0.3 is 6.18 Å². The van der Waals surface area contributed by atoms with Crippen LogP contribution in [0.5, 0.6) is 0 Å². The number of piperidine rings is 1. The molecule has 1 N–H and O–H groups in total. The van der Waals surface area contributed by atoms with Crippen molar-refractivity contribution in [2.75, 3.05) is 18.4 Å². The van der Waals surface area contributed by atoms with Gasteiger partial charge in [0.1, 0.15) is 0 Å². The number of benzene rings is 2. The molecule has 0 bridgehead atoms. The van der Waals surface area contributed by atoms with Crippen LogP contribution in [0.2, 0.25) is 0 Å². The molecule has 0 spiro atoms. The van der Waals surface area contributed by atoms with Crippen LogP contribution < -0.4 is 5.32 Å². The van der Waals surface area contributed by atoms with Crippen molar-refractivity contribution in [3.8, 4) is 11.4 Å². The zero-order chi connectivity index (χ0) is 21.8. The van der Waals surface area contributed by atoms with E-state index in [0.717, 1.165) is 17.8 Å². The molecular formula is C22H21F3N4O2. The first-order chi connectivity index (χ1) is 14.9. The van der Waals surface area contributed by atoms with E-state index in [9.17, 15) is 18.0 Å². The summed E-state index contributed by atoms with van der Waals surface area (Å²) in [5.74, 6) is 0.396. The summed E-state index contributed by atoms with van der Waals surface area (Å²) in [6.07, 6.45) is -3.03. The molecular weight excluding hydrogens is 409 g/mol. The van der Waals surface area contributed by atoms with Gasteiger partial charge in [-0.05, 0) is 50.2 Å². The van der Waals surface area contributed by atoms with Gasteiger partial charge in [0.15, 0.2) is 0 Å². The summed E-state index contributed by atoms with van der Waals surface area (Å²) in [6.45, 7) is 1.77. The minimum Gasteiger partial charge on any atom is -0.338 e. The number of para-hydroxylation sites is 1. The van der Waals surface area contributed by atoms with E-state index in [1.807, 2.05) is 30.3 Å². The van der Waals surface area contributed by atoms with Crippen molar-refractivity contribution in [2.45, 2.75) is 25.6 Å². The normalized spacial score (nSPS) is 15.7. The lowest BCUT2D eigenvalue weighted by atomic mass is 9.96. The summed E-state index contributed by atoms with van der Waals surface area (Å²) in [5.41, 5.74) is 0.274. The molecule has 4 rings (SSSR count). The Morgan fingerprint density at radius 2 is 1.84 bits per heavy atom. The Hall–Kier alpha value is -3.20. The van der Waals surface area contributed by atoms with Gasteiger partial charge in [-0.2, -0.15) is 18.2 Å². The van der Waals surface area contributed by atoms with Crippen molar-refractivity contribution in [1.29, 1.82) is 0 Å². The number of likely N-dealkylation sites (tertiary alicyclic amines) is 1. The lowest BCUT2D eigenvalue weighted by molar-refractivity contribution is -0.137. The van der Waals surface area contributed by atoms with Crippen molar-refractivity contribution in [1.82, 2.24) is 15.0 Å². The van der Waals surface area contributed by atoms with Crippen LogP contribution in [0.3, 0.4) is 0 Å². The number of anilines is 1. The number of nitrogens with one attached hydrogen (secondary N) is 1. The van der Waals surface area contributed by atoms with Gasteiger partial charge in [-0.1, -0.05) is 35.5 Å². The van der Waals surface area contributed by atoms with Gasteiger partial charge in [0, 0.05) is 17.2 Å². The Bertz CT molecular complexity index is 1030. The van der Waals surface area contributed by atoms with Crippen molar-refractivity contribution in [3.05, 3.63) is 66.1 Å². The highest BCUT2D eigenvalue weighted by Gasteiger charge is 2.31. The Kier molecular flexibility index (Phi) is 6.03. The maximum atomic E-state index is 12.9. The van der Waals surface area contributed by atoms with Crippen LogP contribution in [0.15, 0.2) is 59.1 Å². The van der Waals surface area contributed by atoms with Crippen LogP contribution in [0.4, 0.5) is 18.9 Å². The van der Waals surface area contributed by atoms with Crippen LogP contribution in [0.1, 0.15) is 24.3 Å². The topological polar surface area (TPSA) is 71.3 Å². The maximum Gasteiger partial charge on any atom is 0.416 e. The maximum absolute atomic E-state index is 12.9. The molecule has 2 aromatic carbocycles. The second kappa shape index (κ2) is 8.89. The predicted molar refractivity (Wildman–Crippen MR) is 108 cm³/mol. The van der Waals surface area contributed by atoms with E-state index >= 15 is 0 Å². The first kappa shape index (κ1) is 21.0. The van der Waals surface area contributed by atoms with Gasteiger partial charge in [-0.15, -0.1) is 0 Å². The molecule has 0 unspecified atom stereocenters. The standard InChI is InChI=1S/C22H21F3N4O2/c23-22(24,25)17-6-4-5-16(13-17)20-27-19(31-28-20)14-29-11-9-15(10-12-29)21(30)26-18-7-2-1-3-8-18/h1-8,13,15H,9-12,14H2,(H,26,30). The Labute approximate surface area is 177 Å². The Morgan fingerprint density at radius 3 is 2.55 bits per heavy atom. The third kappa shape index (κ3) is 5.29. The molecule has 1 aliphatic heterocycles. The van der Waals surface area contributed by atoms with E-state index in [-0.39, 0.29) is 23.2 Å². The summed E-state index contributed by atoms with van der Waals surface area (Å²) in [7, 11) is 0. The molecule has 1 fully saturated rings. The average Bonchev–Trinajstić information content (AvgIpc) is 3.23. The number of hydrogen-bond acceptors (Lipinski definition) is 5. The average molecular weight is 430 g/mol. The fourth-order valence-electron chi connectivity index (χ4n) is 3.58. The molecule has 1 aromatic heterocycles. The van der Waals surface area contributed by atoms with Crippen LogP contribution in [0, 0.1) is 5.92 Å². The van der Waals surface area contributed by atoms with Gasteiger partial charge in [0.05, 0.1) is 12.1 Å². The highest BCUT2D eigenvalue weighted by atomic mass is 19.4. The molecule has 1 amide bonds. The quantitative estimate of drug-likeness (QED) is 0.640. The molecule has 0 radical (unpaired) electrons. The number of alkyl halides is 3. The fraction of sp³-hybridized carbons (Fsp3) is 0.318. The first-order valence-electron chi connectivity index (χ1n) is 9.97. The first-order valence-corrected chi connectivity index (χ1v) is 9.97. The molecule has 1 saturated heterocycles. The zero-order valence-corrected chi connectivity index (χ0v) is 16.6. The Morgan fingerprint density at radius 1 is 1.10 bits per heavy atom. The predicted octanol–water partition coefficient (Wildman–Crippen LogP) is 4.61. The number of amides is 1. The molecule has 162 valence electrons. The van der Waals surface area contributed by atoms with Crippen molar-refractivity contribution in [2.24, 2.45) is 5.92 Å². The van der Waals surface area contributed by atoms with E-state index < -0.39 is 11.7 Å². The molecule has 3 aromatic rings. The number of hydrogen-bond donors (Lipinski definition) is 1. The van der Waals surface area contributed by atoms with Crippen molar-refractivity contribution >= 4 is 11.6 Å². The highest BCUT2D eigenvalue weighted by Crippen LogP contribution is 2.31. The van der Waals surface area contributed by atoms with Crippen LogP contribution in [-0.2, 0) is 17.5 Å². The van der Waals surface area contributed by atoms with Crippen LogP contribution in [0.25, 0.3) is 11.4 Å². The van der Waals surface area contributed by atoms with E-state index in [1.54, 1.807) is 0 Å². The molecule has 0 atom stereocenters. The Balaban J connectivity index is 1.32.